The number of nitrogens with zero attached hydrogens (tertiary/aromatic N) is 1. The van der Waals surface area contributed by atoms with E-state index in [4.69, 9.17) is 9.15 Å². The molecule has 1 aromatic heterocycles. The summed E-state index contributed by atoms with van der Waals surface area (Å²) in [6.45, 7) is 1.62. The first-order valence-electron chi connectivity index (χ1n) is 9.62. The zero-order valence-electron chi connectivity index (χ0n) is 17.0. The summed E-state index contributed by atoms with van der Waals surface area (Å²) in [6, 6.07) is 13.5. The largest absolute Gasteiger partial charge is 0.507 e. The smallest absolute Gasteiger partial charge is 0.296 e. The van der Waals surface area contributed by atoms with Crippen LogP contribution in [0.5, 0.6) is 5.75 Å². The lowest BCUT2D eigenvalue weighted by Crippen LogP contribution is -2.29. The van der Waals surface area contributed by atoms with Crippen molar-refractivity contribution in [1.29, 1.82) is 0 Å². The number of carbonyl (C=O) groups excluding carboxylic acids is 2. The van der Waals surface area contributed by atoms with Gasteiger partial charge in [-0.1, -0.05) is 18.2 Å². The Kier molecular flexibility index (Phi) is 5.33. The lowest BCUT2D eigenvalue weighted by molar-refractivity contribution is -0.140. The molecule has 1 amide bonds. The van der Waals surface area contributed by atoms with Crippen molar-refractivity contribution < 1.29 is 28.2 Å². The highest BCUT2D eigenvalue weighted by Gasteiger charge is 2.47. The van der Waals surface area contributed by atoms with Crippen LogP contribution in [0.2, 0.25) is 0 Å². The Labute approximate surface area is 178 Å². The first-order valence-corrected chi connectivity index (χ1v) is 9.62. The Hall–Kier alpha value is -3.87. The number of likely N-dealkylation sites (tertiary alicyclic amines) is 1. The predicted octanol–water partition coefficient (Wildman–Crippen LogP) is 4.36. The third-order valence-corrected chi connectivity index (χ3v) is 5.32. The molecule has 1 unspecified atom stereocenters. The number of aliphatic hydroxyl groups is 1. The Morgan fingerprint density at radius 3 is 2.61 bits per heavy atom. The lowest BCUT2D eigenvalue weighted by atomic mass is 9.98. The van der Waals surface area contributed by atoms with Gasteiger partial charge in [-0.2, -0.15) is 0 Å². The van der Waals surface area contributed by atoms with Gasteiger partial charge in [0.25, 0.3) is 11.7 Å². The molecule has 31 heavy (non-hydrogen) atoms. The summed E-state index contributed by atoms with van der Waals surface area (Å²) in [7, 11) is 1.52. The van der Waals surface area contributed by atoms with Crippen molar-refractivity contribution in [1.82, 2.24) is 4.90 Å². The van der Waals surface area contributed by atoms with E-state index in [0.29, 0.717) is 22.6 Å². The molecule has 0 bridgehead atoms. The molecule has 1 aliphatic heterocycles. The van der Waals surface area contributed by atoms with E-state index >= 15 is 0 Å². The van der Waals surface area contributed by atoms with Crippen LogP contribution in [0, 0.1) is 12.7 Å². The molecule has 1 N–H and O–H groups in total. The van der Waals surface area contributed by atoms with E-state index in [0.717, 1.165) is 0 Å². The SMILES string of the molecule is COc1ccccc1CN1C(=O)C(=O)/C(=C(\O)c2ccc(F)c(C)c2)C1c1ccco1. The number of methoxy groups -OCH3 is 1. The number of hydrogen-bond donors (Lipinski definition) is 1. The highest BCUT2D eigenvalue weighted by molar-refractivity contribution is 6.46. The van der Waals surface area contributed by atoms with E-state index < -0.39 is 23.5 Å². The fourth-order valence-electron chi connectivity index (χ4n) is 3.75. The molecule has 2 aromatic carbocycles. The van der Waals surface area contributed by atoms with Crippen LogP contribution in [0.1, 0.15) is 28.5 Å². The molecule has 1 saturated heterocycles. The fraction of sp³-hybridized carbons (Fsp3) is 0.167. The van der Waals surface area contributed by atoms with Crippen molar-refractivity contribution in [3.63, 3.8) is 0 Å². The van der Waals surface area contributed by atoms with Gasteiger partial charge in [-0.15, -0.1) is 0 Å². The van der Waals surface area contributed by atoms with Crippen molar-refractivity contribution in [2.45, 2.75) is 19.5 Å². The van der Waals surface area contributed by atoms with E-state index in [2.05, 4.69) is 0 Å². The van der Waals surface area contributed by atoms with Crippen LogP contribution < -0.4 is 4.74 Å². The van der Waals surface area contributed by atoms with E-state index in [1.807, 2.05) is 0 Å². The van der Waals surface area contributed by atoms with Crippen molar-refractivity contribution in [3.05, 3.63) is 94.7 Å². The van der Waals surface area contributed by atoms with Crippen LogP contribution in [0.4, 0.5) is 4.39 Å². The molecule has 158 valence electrons. The van der Waals surface area contributed by atoms with Gasteiger partial charge in [0, 0.05) is 11.1 Å². The number of halogens is 1. The van der Waals surface area contributed by atoms with Gasteiger partial charge in [0.15, 0.2) is 0 Å². The molecule has 7 heteroatoms. The number of ether oxygens (including phenoxy) is 1. The highest BCUT2D eigenvalue weighted by atomic mass is 19.1. The highest BCUT2D eigenvalue weighted by Crippen LogP contribution is 2.41. The maximum absolute atomic E-state index is 13.7. The molecule has 0 saturated carbocycles. The Balaban J connectivity index is 1.84. The van der Waals surface area contributed by atoms with E-state index in [1.54, 1.807) is 43.3 Å². The van der Waals surface area contributed by atoms with Gasteiger partial charge in [-0.05, 0) is 48.9 Å². The third-order valence-electron chi connectivity index (χ3n) is 5.32. The first-order chi connectivity index (χ1) is 14.9. The van der Waals surface area contributed by atoms with Crippen LogP contribution in [0.25, 0.3) is 5.76 Å². The molecule has 6 nitrogen and oxygen atoms in total. The number of carbonyl (C=O) groups is 2. The third kappa shape index (κ3) is 3.59. The summed E-state index contributed by atoms with van der Waals surface area (Å²) in [5, 5.41) is 11.0. The number of rotatable bonds is 5. The maximum atomic E-state index is 13.7. The van der Waals surface area contributed by atoms with Crippen molar-refractivity contribution >= 4 is 17.4 Å². The Morgan fingerprint density at radius 1 is 1.16 bits per heavy atom. The summed E-state index contributed by atoms with van der Waals surface area (Å²) in [5.41, 5.74) is 1.13. The molecule has 1 atom stereocenters. The fourth-order valence-corrected chi connectivity index (χ4v) is 3.75. The van der Waals surface area contributed by atoms with Crippen LogP contribution in [-0.4, -0.2) is 28.8 Å². The number of aliphatic hydroxyl groups excluding tert-OH is 1. The summed E-state index contributed by atoms with van der Waals surface area (Å²) >= 11 is 0. The van der Waals surface area contributed by atoms with Gasteiger partial charge in [0.2, 0.25) is 0 Å². The molecule has 2 heterocycles. The number of ketones is 1. The number of amides is 1. The molecular formula is C24H20FNO5. The quantitative estimate of drug-likeness (QED) is 0.376. The maximum Gasteiger partial charge on any atom is 0.296 e. The first kappa shape index (κ1) is 20.4. The van der Waals surface area contributed by atoms with Crippen LogP contribution >= 0.6 is 0 Å². The predicted molar refractivity (Wildman–Crippen MR) is 111 cm³/mol. The summed E-state index contributed by atoms with van der Waals surface area (Å²) in [4.78, 5) is 27.3. The minimum Gasteiger partial charge on any atom is -0.507 e. The number of benzene rings is 2. The molecule has 0 spiro atoms. The van der Waals surface area contributed by atoms with E-state index in [9.17, 15) is 19.1 Å². The average molecular weight is 421 g/mol. The number of hydrogen-bond acceptors (Lipinski definition) is 5. The minimum atomic E-state index is -0.940. The molecule has 0 radical (unpaired) electrons. The van der Waals surface area contributed by atoms with Crippen LogP contribution in [0.15, 0.2) is 70.9 Å². The second kappa shape index (κ2) is 8.10. The second-order valence-electron chi connectivity index (χ2n) is 7.22. The van der Waals surface area contributed by atoms with Crippen molar-refractivity contribution in [2.75, 3.05) is 7.11 Å². The zero-order chi connectivity index (χ0) is 22.1. The second-order valence-corrected chi connectivity index (χ2v) is 7.22. The molecule has 0 aliphatic carbocycles. The Bertz CT molecular complexity index is 1180. The molecule has 1 aliphatic rings. The number of Topliss-reactive ketones (excluding diaryl/α,β-unsaturated/α-hetero) is 1. The molecule has 1 fully saturated rings. The summed E-state index contributed by atoms with van der Waals surface area (Å²) in [6.07, 6.45) is 1.43. The molecule has 3 aromatic rings. The van der Waals surface area contributed by atoms with Gasteiger partial charge < -0.3 is 19.2 Å². The van der Waals surface area contributed by atoms with Gasteiger partial charge in [0.05, 0.1) is 25.5 Å². The summed E-state index contributed by atoms with van der Waals surface area (Å²) in [5.74, 6) is -1.53. The lowest BCUT2D eigenvalue weighted by Gasteiger charge is -2.24. The number of furan rings is 1. The van der Waals surface area contributed by atoms with Crippen molar-refractivity contribution in [2.24, 2.45) is 0 Å². The van der Waals surface area contributed by atoms with Gasteiger partial charge in [-0.3, -0.25) is 9.59 Å². The topological polar surface area (TPSA) is 80.0 Å². The standard InChI is InChI=1S/C24H20FNO5/c1-14-12-15(9-10-17(14)25)22(27)20-21(19-8-5-11-31-19)26(24(29)23(20)28)13-16-6-3-4-7-18(16)30-2/h3-12,21,27H,13H2,1-2H3/b22-20-. The minimum absolute atomic E-state index is 0.0686. The van der Waals surface area contributed by atoms with E-state index in [1.165, 1.54) is 36.5 Å². The van der Waals surface area contributed by atoms with Crippen LogP contribution in [0.3, 0.4) is 0 Å². The van der Waals surface area contributed by atoms with Crippen LogP contribution in [-0.2, 0) is 16.1 Å². The number of aryl methyl sites for hydroxylation is 1. The summed E-state index contributed by atoms with van der Waals surface area (Å²) < 4.78 is 24.6. The van der Waals surface area contributed by atoms with Gasteiger partial charge in [-0.25, -0.2) is 4.39 Å². The average Bonchev–Trinajstić information content (AvgIpc) is 3.38. The molecular weight excluding hydrogens is 401 g/mol. The zero-order valence-corrected chi connectivity index (χ0v) is 17.0. The number of para-hydroxylation sites is 1. The van der Waals surface area contributed by atoms with Gasteiger partial charge >= 0.3 is 0 Å². The van der Waals surface area contributed by atoms with Gasteiger partial charge in [0.1, 0.15) is 29.1 Å². The monoisotopic (exact) mass is 421 g/mol. The normalized spacial score (nSPS) is 17.9. The molecule has 4 rings (SSSR count). The van der Waals surface area contributed by atoms with Crippen molar-refractivity contribution in [3.8, 4) is 5.75 Å². The Morgan fingerprint density at radius 2 is 1.94 bits per heavy atom. The van der Waals surface area contributed by atoms with E-state index in [-0.39, 0.29) is 23.4 Å².